The molecule has 37 N–H and O–H groups in total. The molecule has 0 aliphatic carbocycles. The molecule has 0 saturated carbocycles. The molecule has 742 valence electrons. The fraction of sp³-hybridized carbons (Fsp3) is 0.281. The minimum Gasteiger partial charge on any atom is -0.387 e. The van der Waals surface area contributed by atoms with Gasteiger partial charge >= 0.3 is 0 Å². The van der Waals surface area contributed by atoms with Crippen molar-refractivity contribution in [3.05, 3.63) is 261 Å². The van der Waals surface area contributed by atoms with E-state index in [1.165, 1.54) is 0 Å². The van der Waals surface area contributed by atoms with Gasteiger partial charge in [-0.3, -0.25) is 15.4 Å². The lowest BCUT2D eigenvalue weighted by atomic mass is 10.1. The minimum absolute atomic E-state index is 0.0295. The number of anilines is 1. The number of nitrogens with two attached hydrogens (primary N) is 18. The largest absolute Gasteiger partial charge is 0.387 e. The molecule has 8 aromatic carbocycles. The van der Waals surface area contributed by atoms with Gasteiger partial charge in [-0.15, -0.1) is 0 Å². The molecule has 0 saturated heterocycles. The van der Waals surface area contributed by atoms with E-state index in [-0.39, 0.29) is 89.6 Å². The van der Waals surface area contributed by atoms with Crippen molar-refractivity contribution in [3.63, 3.8) is 0 Å². The summed E-state index contributed by atoms with van der Waals surface area (Å²) in [5, 5.41) is 13.4. The van der Waals surface area contributed by atoms with Crippen molar-refractivity contribution in [3.8, 4) is 0 Å². The summed E-state index contributed by atoms with van der Waals surface area (Å²) in [7, 11) is 12.5. The lowest BCUT2D eigenvalue weighted by Gasteiger charge is -2.19. The SMILES string of the molecule is CC(C)CC(N)=NC(=N)N(C)CCc1ccccc1Cl.CC(C)N=C(N)N=C(N)N(C)Cc1ccccc1Cl.CC(C)N=C(N)N=C(N)N(C)c1ccccc1Cl.CN(C)C(N)=NC(N)=NCCc1ccc(Cl)c(Cl)c1.CN(C)C(N)=NC(N)=Nc1ccccc1Cl.NC(N)=NC(N)=NCCc1ccccc1Cl.NC(N)=NC(N)=NCc1ccccc1Cl.NC(N)=NC(N)=Nc1ccccc1Cl. The van der Waals surface area contributed by atoms with Crippen LogP contribution in [0.15, 0.2) is 263 Å². The monoisotopic (exact) mass is 2060 g/mol. The van der Waals surface area contributed by atoms with Crippen molar-refractivity contribution in [1.82, 2.24) is 19.6 Å². The van der Waals surface area contributed by atoms with Crippen LogP contribution in [0.4, 0.5) is 17.1 Å². The number of likely N-dealkylation sites (N-methyl/N-ethyl adjacent to an activating group) is 1. The molecule has 0 atom stereocenters. The number of aliphatic imine (C=N–C) groups is 15. The number of nitrogens with zero attached hydrogens (tertiary/aromatic N) is 20. The van der Waals surface area contributed by atoms with Crippen molar-refractivity contribution in [2.24, 2.45) is 184 Å². The number of amidine groups is 1. The Morgan fingerprint density at radius 2 is 0.679 bits per heavy atom. The predicted octanol–water partition coefficient (Wildman–Crippen LogP) is 11.1. The number of halogens is 9. The lowest BCUT2D eigenvalue weighted by molar-refractivity contribution is 0.495. The fourth-order valence-corrected chi connectivity index (χ4v) is 11.5. The first kappa shape index (κ1) is 121. The number of guanidine groups is 15. The number of para-hydroxylation sites is 3. The van der Waals surface area contributed by atoms with Gasteiger partial charge in [-0.05, 0) is 153 Å². The summed E-state index contributed by atoms with van der Waals surface area (Å²) in [6.07, 6.45) is 2.88. The van der Waals surface area contributed by atoms with Gasteiger partial charge in [0, 0.05) is 114 Å². The minimum atomic E-state index is -0.140. The standard InChI is InChI=1S/C15H23ClN4.C13H20ClN5.C12H17Cl2N5.C12H18ClN5.2C10H14ClN5.C9H12ClN5.C8H10ClN5/c1-11(2)10-14(17)19-15(18)20(3)9-8-12-6-4-5-7-13(12)16;1-9(2)17-12(15)18-13(16)19(3)8-10-6-4-5-7-11(10)14;1-19(2)12(16)18-11(15)17-6-5-8-3-4-9(13)10(14)7-8;1-8(2)16-11(14)17-12(15)18(3)10-7-5-4-6-9(10)13;1-16(2)10(13)15-9(12)14-8-6-4-3-5-7(8)11;11-8-4-2-1-3-7(8)5-6-15-10(14)16-9(12)13;10-7-4-2-1-3-6(7)5-14-9(13)15-8(11)12;9-5-3-1-2-4-6(5)13-8(12)14-7(10)11/h4-7,11H,8-10H2,1-3H3,(H3,17,18,19);4-7,9H,8H2,1-3H3,(H4,15,16,17,18);3-4,7H,5-6H2,1-2H3,(H4,15,16,17,18);4-8H,1-3H3,(H4,14,15,16,17);3-6H,1-2H3,(H4,12,13,14,15);1-4H,5-6H2,(H6,12,13,14,15,16);1-4H,5H2,(H6,11,12,13,14,15);1-4H,(H6,10,11,12,13,14). The van der Waals surface area contributed by atoms with Gasteiger partial charge < -0.3 is 128 Å². The molecule has 0 fully saturated rings. The summed E-state index contributed by atoms with van der Waals surface area (Å²) in [5.74, 6) is 2.58. The van der Waals surface area contributed by atoms with Gasteiger partial charge in [0.05, 0.1) is 48.7 Å². The van der Waals surface area contributed by atoms with E-state index in [1.807, 2.05) is 175 Å². The summed E-state index contributed by atoms with van der Waals surface area (Å²) in [6, 6.07) is 57.3. The maximum atomic E-state index is 7.91. The van der Waals surface area contributed by atoms with Crippen LogP contribution in [-0.2, 0) is 32.4 Å². The van der Waals surface area contributed by atoms with Gasteiger partial charge in [-0.25, -0.2) is 30.0 Å². The Bertz CT molecular complexity index is 5550. The second-order valence-electron chi connectivity index (χ2n) is 29.6. The van der Waals surface area contributed by atoms with Crippen LogP contribution >= 0.6 is 104 Å². The molecular weight excluding hydrogens is 1930 g/mol. The zero-order valence-corrected chi connectivity index (χ0v) is 85.5. The first-order valence-electron chi connectivity index (χ1n) is 41.3. The van der Waals surface area contributed by atoms with E-state index < -0.39 is 0 Å². The molecule has 8 rings (SSSR count). The Hall–Kier alpha value is -13.5. The molecule has 0 radical (unpaired) electrons. The molecule has 0 aliphatic heterocycles. The van der Waals surface area contributed by atoms with Crippen molar-refractivity contribution >= 4 is 217 Å². The van der Waals surface area contributed by atoms with Crippen molar-refractivity contribution in [1.29, 1.82) is 5.41 Å². The van der Waals surface area contributed by atoms with E-state index in [1.54, 1.807) is 114 Å². The van der Waals surface area contributed by atoms with Crippen LogP contribution in [-0.4, -0.2) is 196 Å². The summed E-state index contributed by atoms with van der Waals surface area (Å²) in [6.45, 7) is 14.4. The molecule has 0 amide bonds. The van der Waals surface area contributed by atoms with Gasteiger partial charge in [0.25, 0.3) is 0 Å². The highest BCUT2D eigenvalue weighted by molar-refractivity contribution is 6.42. The highest BCUT2D eigenvalue weighted by Gasteiger charge is 2.13. The van der Waals surface area contributed by atoms with Crippen LogP contribution in [0, 0.1) is 11.3 Å². The molecule has 0 aromatic heterocycles. The Morgan fingerprint density at radius 3 is 1.09 bits per heavy atom. The molecule has 0 spiro atoms. The van der Waals surface area contributed by atoms with E-state index in [9.17, 15) is 0 Å². The van der Waals surface area contributed by atoms with E-state index in [0.717, 1.165) is 50.0 Å². The topological polar surface area (TPSA) is 694 Å². The molecule has 8 aromatic rings. The third-order valence-corrected chi connectivity index (χ3v) is 19.5. The van der Waals surface area contributed by atoms with Crippen molar-refractivity contribution in [2.45, 2.75) is 92.4 Å². The van der Waals surface area contributed by atoms with Crippen LogP contribution < -0.4 is 108 Å². The Kier molecular flexibility index (Phi) is 59.3. The average molecular weight is 2060 g/mol. The first-order valence-corrected chi connectivity index (χ1v) is 44.7. The van der Waals surface area contributed by atoms with Gasteiger partial charge in [0.1, 0.15) is 5.84 Å². The first-order chi connectivity index (χ1) is 64.4. The molecule has 39 nitrogen and oxygen atoms in total. The Labute approximate surface area is 847 Å². The van der Waals surface area contributed by atoms with Gasteiger partial charge in [-0.1, -0.05) is 234 Å². The average Bonchev–Trinajstić information content (AvgIpc) is 0.859. The second kappa shape index (κ2) is 66.8. The van der Waals surface area contributed by atoms with Gasteiger partial charge in [-0.2, -0.15) is 34.9 Å². The van der Waals surface area contributed by atoms with Gasteiger partial charge in [0.2, 0.25) is 53.6 Å². The Morgan fingerprint density at radius 1 is 0.321 bits per heavy atom. The highest BCUT2D eigenvalue weighted by atomic mass is 35.5. The normalized spacial score (nSPS) is 12.1. The molecule has 0 aliphatic rings. The van der Waals surface area contributed by atoms with Gasteiger partial charge in [0.15, 0.2) is 35.8 Å². The molecular formula is C89H128Cl9N39. The fourth-order valence-electron chi connectivity index (χ4n) is 9.67. The smallest absolute Gasteiger partial charge is 0.223 e. The van der Waals surface area contributed by atoms with Crippen LogP contribution in [0.3, 0.4) is 0 Å². The molecule has 0 unspecified atom stereocenters. The van der Waals surface area contributed by atoms with Crippen LogP contribution in [0.5, 0.6) is 0 Å². The third-order valence-electron chi connectivity index (χ3n) is 16.4. The number of hydrogen-bond donors (Lipinski definition) is 19. The van der Waals surface area contributed by atoms with Crippen LogP contribution in [0.25, 0.3) is 0 Å². The number of benzene rings is 8. The molecule has 0 bridgehead atoms. The highest BCUT2D eigenvalue weighted by Crippen LogP contribution is 2.28. The number of rotatable bonds is 20. The van der Waals surface area contributed by atoms with Crippen molar-refractivity contribution in [2.75, 3.05) is 73.9 Å². The summed E-state index contributed by atoms with van der Waals surface area (Å²) in [5.41, 5.74) is 105. The second-order valence-corrected chi connectivity index (χ2v) is 33.3. The number of hydrogen-bond acceptors (Lipinski definition) is 8. The van der Waals surface area contributed by atoms with Crippen LogP contribution in [0.1, 0.15) is 75.8 Å². The third kappa shape index (κ3) is 55.8. The zero-order chi connectivity index (χ0) is 104. The van der Waals surface area contributed by atoms with E-state index in [0.29, 0.717) is 122 Å². The zero-order valence-electron chi connectivity index (χ0n) is 78.7. The lowest BCUT2D eigenvalue weighted by Crippen LogP contribution is -2.36. The summed E-state index contributed by atoms with van der Waals surface area (Å²) >= 11 is 53.7. The Balaban J connectivity index is 0.000000785. The van der Waals surface area contributed by atoms with E-state index in [2.05, 4.69) is 88.7 Å². The predicted molar refractivity (Wildman–Crippen MR) is 585 cm³/mol. The maximum absolute atomic E-state index is 7.91. The number of nitrogens with one attached hydrogen (secondary N) is 1. The molecule has 0 heterocycles. The van der Waals surface area contributed by atoms with E-state index in [4.69, 9.17) is 213 Å². The maximum Gasteiger partial charge on any atom is 0.223 e. The van der Waals surface area contributed by atoms with E-state index >= 15 is 0 Å². The van der Waals surface area contributed by atoms with Crippen LogP contribution in [0.2, 0.25) is 45.2 Å². The summed E-state index contributed by atoms with van der Waals surface area (Å²) in [4.78, 5) is 67.5. The molecule has 137 heavy (non-hydrogen) atoms. The molecule has 48 heteroatoms. The van der Waals surface area contributed by atoms with Crippen molar-refractivity contribution < 1.29 is 0 Å². The quantitative estimate of drug-likeness (QED) is 0.0249. The summed E-state index contributed by atoms with van der Waals surface area (Å²) < 4.78 is 0.